The Hall–Kier alpha value is -1.63. The van der Waals surface area contributed by atoms with Crippen molar-refractivity contribution in [2.75, 3.05) is 13.1 Å². The molecule has 3 nitrogen and oxygen atoms in total. The van der Waals surface area contributed by atoms with Gasteiger partial charge in [0.1, 0.15) is 5.82 Å². The number of carboxylic acid groups (broad SMARTS) is 1. The van der Waals surface area contributed by atoms with Crippen LogP contribution in [0.1, 0.15) is 18.1 Å². The minimum atomic E-state index is -4.63. The summed E-state index contributed by atoms with van der Waals surface area (Å²) in [4.78, 5) is 12.7. The lowest BCUT2D eigenvalue weighted by Gasteiger charge is -2.19. The highest BCUT2D eigenvalue weighted by molar-refractivity contribution is 5.71. The summed E-state index contributed by atoms with van der Waals surface area (Å²) in [5, 5.41) is 9.03. The molecule has 1 aromatic rings. The van der Waals surface area contributed by atoms with Crippen molar-refractivity contribution in [1.29, 1.82) is 0 Å². The van der Waals surface area contributed by atoms with Gasteiger partial charge >= 0.3 is 12.1 Å². The van der Waals surface area contributed by atoms with Crippen LogP contribution in [0.25, 0.3) is 0 Å². The maximum Gasteiger partial charge on any atom is 0.416 e. The molecular formula is C14H15F4NO2. The Morgan fingerprint density at radius 2 is 2.05 bits per heavy atom. The molecule has 1 N–H and O–H groups in total. The third-order valence-electron chi connectivity index (χ3n) is 3.78. The molecule has 0 aromatic heterocycles. The van der Waals surface area contributed by atoms with Gasteiger partial charge in [-0.15, -0.1) is 0 Å². The van der Waals surface area contributed by atoms with Gasteiger partial charge < -0.3 is 5.11 Å². The van der Waals surface area contributed by atoms with E-state index in [0.29, 0.717) is 12.6 Å². The highest BCUT2D eigenvalue weighted by Crippen LogP contribution is 2.34. The first-order chi connectivity index (χ1) is 9.68. The van der Waals surface area contributed by atoms with Crippen LogP contribution in [0.3, 0.4) is 0 Å². The van der Waals surface area contributed by atoms with Gasteiger partial charge in [-0.1, -0.05) is 13.0 Å². The fourth-order valence-corrected chi connectivity index (χ4v) is 2.71. The van der Waals surface area contributed by atoms with Crippen LogP contribution in [-0.2, 0) is 17.5 Å². The molecule has 2 rings (SSSR count). The molecule has 21 heavy (non-hydrogen) atoms. The average Bonchev–Trinajstić information content (AvgIpc) is 2.71. The summed E-state index contributed by atoms with van der Waals surface area (Å²) in [6.07, 6.45) is -4.63. The standard InChI is InChI=1S/C14H15F4NO2/c1-8-5-19(7-11(8)13(20)21)6-9-2-3-10(15)4-12(9)14(16,17)18/h2-4,8,11H,5-7H2,1H3,(H,20,21). The number of benzene rings is 1. The van der Waals surface area contributed by atoms with Crippen LogP contribution in [0.4, 0.5) is 17.6 Å². The zero-order chi connectivity index (χ0) is 15.8. The number of carboxylic acids is 1. The van der Waals surface area contributed by atoms with Crippen molar-refractivity contribution in [3.63, 3.8) is 0 Å². The number of alkyl halides is 3. The van der Waals surface area contributed by atoms with Gasteiger partial charge in [-0.3, -0.25) is 9.69 Å². The smallest absolute Gasteiger partial charge is 0.416 e. The lowest BCUT2D eigenvalue weighted by atomic mass is 9.99. The molecule has 1 aliphatic heterocycles. The molecule has 2 atom stereocenters. The van der Waals surface area contributed by atoms with E-state index in [1.165, 1.54) is 0 Å². The van der Waals surface area contributed by atoms with Crippen molar-refractivity contribution in [2.45, 2.75) is 19.6 Å². The molecule has 0 bridgehead atoms. The Balaban J connectivity index is 2.20. The first-order valence-corrected chi connectivity index (χ1v) is 6.49. The third kappa shape index (κ3) is 3.53. The van der Waals surface area contributed by atoms with Crippen molar-refractivity contribution in [1.82, 2.24) is 4.90 Å². The number of aliphatic carboxylic acids is 1. The number of hydrogen-bond acceptors (Lipinski definition) is 2. The Bertz CT molecular complexity index is 544. The van der Waals surface area contributed by atoms with E-state index in [1.807, 2.05) is 0 Å². The molecular weight excluding hydrogens is 290 g/mol. The minimum absolute atomic E-state index is 0.0384. The van der Waals surface area contributed by atoms with E-state index in [1.54, 1.807) is 11.8 Å². The Labute approximate surface area is 119 Å². The van der Waals surface area contributed by atoms with Crippen molar-refractivity contribution in [3.05, 3.63) is 35.1 Å². The summed E-state index contributed by atoms with van der Waals surface area (Å²) in [6, 6.07) is 2.57. The van der Waals surface area contributed by atoms with Crippen LogP contribution in [0.5, 0.6) is 0 Å². The van der Waals surface area contributed by atoms with E-state index >= 15 is 0 Å². The minimum Gasteiger partial charge on any atom is -0.481 e. The quantitative estimate of drug-likeness (QED) is 0.873. The topological polar surface area (TPSA) is 40.5 Å². The van der Waals surface area contributed by atoms with Crippen LogP contribution in [0.15, 0.2) is 18.2 Å². The maximum atomic E-state index is 13.0. The van der Waals surface area contributed by atoms with Crippen molar-refractivity contribution >= 4 is 5.97 Å². The predicted octanol–water partition coefficient (Wildman–Crippen LogP) is 3.00. The van der Waals surface area contributed by atoms with Crippen molar-refractivity contribution in [2.24, 2.45) is 11.8 Å². The number of likely N-dealkylation sites (tertiary alicyclic amines) is 1. The van der Waals surface area contributed by atoms with E-state index in [0.717, 1.165) is 12.1 Å². The normalized spacial score (nSPS) is 23.5. The van der Waals surface area contributed by atoms with E-state index < -0.39 is 29.4 Å². The molecule has 0 amide bonds. The molecule has 0 saturated carbocycles. The molecule has 0 radical (unpaired) electrons. The fraction of sp³-hybridized carbons (Fsp3) is 0.500. The van der Waals surface area contributed by atoms with E-state index in [-0.39, 0.29) is 24.6 Å². The lowest BCUT2D eigenvalue weighted by Crippen LogP contribution is -2.24. The van der Waals surface area contributed by atoms with Crippen LogP contribution >= 0.6 is 0 Å². The van der Waals surface area contributed by atoms with E-state index in [2.05, 4.69) is 0 Å². The van der Waals surface area contributed by atoms with Crippen LogP contribution in [-0.4, -0.2) is 29.1 Å². The van der Waals surface area contributed by atoms with Gasteiger partial charge in [0.25, 0.3) is 0 Å². The Morgan fingerprint density at radius 3 is 2.57 bits per heavy atom. The highest BCUT2D eigenvalue weighted by Gasteiger charge is 2.37. The van der Waals surface area contributed by atoms with Crippen molar-refractivity contribution in [3.8, 4) is 0 Å². The Kier molecular flexibility index (Phi) is 4.22. The number of halogens is 4. The number of nitrogens with zero attached hydrogens (tertiary/aromatic N) is 1. The molecule has 0 aliphatic carbocycles. The summed E-state index contributed by atoms with van der Waals surface area (Å²) in [5.74, 6) is -2.60. The number of carbonyl (C=O) groups is 1. The molecule has 1 heterocycles. The molecule has 7 heteroatoms. The molecule has 1 aromatic carbocycles. The predicted molar refractivity (Wildman–Crippen MR) is 67.0 cm³/mol. The van der Waals surface area contributed by atoms with Crippen LogP contribution in [0, 0.1) is 17.7 Å². The molecule has 1 fully saturated rings. The largest absolute Gasteiger partial charge is 0.481 e. The van der Waals surface area contributed by atoms with Gasteiger partial charge in [0.2, 0.25) is 0 Å². The summed E-state index contributed by atoms with van der Waals surface area (Å²) in [7, 11) is 0. The first kappa shape index (κ1) is 15.8. The van der Waals surface area contributed by atoms with Gasteiger partial charge in [-0.05, 0) is 23.6 Å². The summed E-state index contributed by atoms with van der Waals surface area (Å²) in [6.45, 7) is 2.33. The van der Waals surface area contributed by atoms with Crippen LogP contribution in [0.2, 0.25) is 0 Å². The van der Waals surface area contributed by atoms with Gasteiger partial charge in [0.15, 0.2) is 0 Å². The van der Waals surface area contributed by atoms with Gasteiger partial charge in [-0.2, -0.15) is 13.2 Å². The second-order valence-electron chi connectivity index (χ2n) is 5.42. The summed E-state index contributed by atoms with van der Waals surface area (Å²) < 4.78 is 51.7. The van der Waals surface area contributed by atoms with E-state index in [9.17, 15) is 22.4 Å². The highest BCUT2D eigenvalue weighted by atomic mass is 19.4. The third-order valence-corrected chi connectivity index (χ3v) is 3.78. The molecule has 2 unspecified atom stereocenters. The summed E-state index contributed by atoms with van der Waals surface area (Å²) >= 11 is 0. The molecule has 116 valence electrons. The number of hydrogen-bond donors (Lipinski definition) is 1. The van der Waals surface area contributed by atoms with E-state index in [4.69, 9.17) is 5.11 Å². The average molecular weight is 305 g/mol. The second-order valence-corrected chi connectivity index (χ2v) is 5.42. The zero-order valence-corrected chi connectivity index (χ0v) is 11.3. The number of rotatable bonds is 3. The molecule has 1 aliphatic rings. The second kappa shape index (κ2) is 5.63. The first-order valence-electron chi connectivity index (χ1n) is 6.49. The van der Waals surface area contributed by atoms with Crippen molar-refractivity contribution < 1.29 is 27.5 Å². The maximum absolute atomic E-state index is 13.0. The molecule has 0 spiro atoms. The van der Waals surface area contributed by atoms with Gasteiger partial charge in [0.05, 0.1) is 11.5 Å². The monoisotopic (exact) mass is 305 g/mol. The SMILES string of the molecule is CC1CN(Cc2ccc(F)cc2C(F)(F)F)CC1C(=O)O. The molecule has 1 saturated heterocycles. The van der Waals surface area contributed by atoms with Gasteiger partial charge in [0, 0.05) is 19.6 Å². The van der Waals surface area contributed by atoms with Crippen LogP contribution < -0.4 is 0 Å². The zero-order valence-electron chi connectivity index (χ0n) is 11.3. The fourth-order valence-electron chi connectivity index (χ4n) is 2.71. The summed E-state index contributed by atoms with van der Waals surface area (Å²) in [5.41, 5.74) is -1.05. The van der Waals surface area contributed by atoms with Gasteiger partial charge in [-0.25, -0.2) is 4.39 Å². The lowest BCUT2D eigenvalue weighted by molar-refractivity contribution is -0.142. The Morgan fingerprint density at radius 1 is 1.38 bits per heavy atom.